The smallest absolute Gasteiger partial charge is 0.338 e. The molecule has 0 aliphatic carbocycles. The maximum absolute atomic E-state index is 12.0. The van der Waals surface area contributed by atoms with Crippen LogP contribution in [-0.4, -0.2) is 24.5 Å². The monoisotopic (exact) mass is 327 g/mol. The summed E-state index contributed by atoms with van der Waals surface area (Å²) in [6, 6.07) is 16.1. The zero-order valence-electron chi connectivity index (χ0n) is 13.8. The minimum absolute atomic E-state index is 0.0595. The van der Waals surface area contributed by atoms with Crippen molar-refractivity contribution in [2.75, 3.05) is 6.61 Å². The Labute approximate surface area is 141 Å². The van der Waals surface area contributed by atoms with Gasteiger partial charge in [-0.05, 0) is 43.7 Å². The highest BCUT2D eigenvalue weighted by atomic mass is 16.5. The van der Waals surface area contributed by atoms with Gasteiger partial charge < -0.3 is 14.8 Å². The molecule has 0 saturated carbocycles. The summed E-state index contributed by atoms with van der Waals surface area (Å²) in [6.45, 7) is 3.94. The molecule has 2 aromatic rings. The van der Waals surface area contributed by atoms with Crippen molar-refractivity contribution >= 4 is 11.9 Å². The molecule has 0 radical (unpaired) electrons. The van der Waals surface area contributed by atoms with Crippen LogP contribution < -0.4 is 10.1 Å². The predicted molar refractivity (Wildman–Crippen MR) is 90.8 cm³/mol. The Kier molecular flexibility index (Phi) is 6.37. The first kappa shape index (κ1) is 17.5. The van der Waals surface area contributed by atoms with Gasteiger partial charge in [0.05, 0.1) is 5.56 Å². The summed E-state index contributed by atoms with van der Waals surface area (Å²) in [6.07, 6.45) is 0. The van der Waals surface area contributed by atoms with Crippen molar-refractivity contribution in [3.05, 3.63) is 65.7 Å². The van der Waals surface area contributed by atoms with Gasteiger partial charge in [-0.2, -0.15) is 0 Å². The van der Waals surface area contributed by atoms with E-state index in [4.69, 9.17) is 9.47 Å². The van der Waals surface area contributed by atoms with Gasteiger partial charge >= 0.3 is 5.97 Å². The van der Waals surface area contributed by atoms with Gasteiger partial charge in [0, 0.05) is 6.04 Å². The maximum Gasteiger partial charge on any atom is 0.338 e. The molecule has 0 spiro atoms. The van der Waals surface area contributed by atoms with Gasteiger partial charge in [-0.1, -0.05) is 30.3 Å². The minimum Gasteiger partial charge on any atom is -0.484 e. The summed E-state index contributed by atoms with van der Waals surface area (Å²) in [5.41, 5.74) is 1.37. The topological polar surface area (TPSA) is 64.6 Å². The third kappa shape index (κ3) is 5.76. The number of amides is 1. The Morgan fingerprint density at radius 3 is 2.29 bits per heavy atom. The summed E-state index contributed by atoms with van der Waals surface area (Å²) in [5, 5.41) is 2.74. The van der Waals surface area contributed by atoms with Crippen LogP contribution in [0.2, 0.25) is 0 Å². The van der Waals surface area contributed by atoms with E-state index in [1.165, 1.54) is 0 Å². The zero-order chi connectivity index (χ0) is 17.4. The molecule has 0 fully saturated rings. The number of hydrogen-bond donors (Lipinski definition) is 1. The molecule has 1 amide bonds. The van der Waals surface area contributed by atoms with Gasteiger partial charge in [0.1, 0.15) is 12.4 Å². The molecule has 0 heterocycles. The number of hydrogen-bond acceptors (Lipinski definition) is 4. The Morgan fingerprint density at radius 2 is 1.67 bits per heavy atom. The van der Waals surface area contributed by atoms with Crippen LogP contribution in [0.1, 0.15) is 29.8 Å². The molecule has 0 saturated heterocycles. The molecular weight excluding hydrogens is 306 g/mol. The molecule has 24 heavy (non-hydrogen) atoms. The van der Waals surface area contributed by atoms with Crippen molar-refractivity contribution in [3.8, 4) is 5.75 Å². The molecule has 2 rings (SSSR count). The third-order valence-corrected chi connectivity index (χ3v) is 3.12. The van der Waals surface area contributed by atoms with E-state index in [-0.39, 0.29) is 25.2 Å². The summed E-state index contributed by atoms with van der Waals surface area (Å²) in [5.74, 6) is -0.0622. The average Bonchev–Trinajstić information content (AvgIpc) is 2.58. The molecule has 126 valence electrons. The fourth-order valence-electron chi connectivity index (χ4n) is 2.01. The number of carbonyl (C=O) groups is 2. The number of rotatable bonds is 7. The fraction of sp³-hybridized carbons (Fsp3) is 0.263. The van der Waals surface area contributed by atoms with Crippen molar-refractivity contribution in [1.82, 2.24) is 5.32 Å². The SMILES string of the molecule is CC(C)NC(=O)COc1ccc(C(=O)OCc2ccccc2)cc1. The fourth-order valence-corrected chi connectivity index (χ4v) is 2.01. The molecule has 0 atom stereocenters. The summed E-state index contributed by atoms with van der Waals surface area (Å²) in [4.78, 5) is 23.5. The van der Waals surface area contributed by atoms with E-state index in [1.54, 1.807) is 24.3 Å². The van der Waals surface area contributed by atoms with Gasteiger partial charge in [-0.25, -0.2) is 4.79 Å². The van der Waals surface area contributed by atoms with Gasteiger partial charge in [0.15, 0.2) is 6.61 Å². The standard InChI is InChI=1S/C19H21NO4/c1-14(2)20-18(21)13-23-17-10-8-16(9-11-17)19(22)24-12-15-6-4-3-5-7-15/h3-11,14H,12-13H2,1-2H3,(H,20,21). The van der Waals surface area contributed by atoms with Crippen LogP contribution in [-0.2, 0) is 16.1 Å². The molecule has 0 bridgehead atoms. The number of benzene rings is 2. The Bertz CT molecular complexity index is 666. The second kappa shape index (κ2) is 8.72. The van der Waals surface area contributed by atoms with Gasteiger partial charge in [-0.15, -0.1) is 0 Å². The first-order chi connectivity index (χ1) is 11.5. The lowest BCUT2D eigenvalue weighted by Gasteiger charge is -2.10. The molecule has 5 heteroatoms. The first-order valence-electron chi connectivity index (χ1n) is 7.78. The molecule has 0 aromatic heterocycles. The predicted octanol–water partition coefficient (Wildman–Crippen LogP) is 2.95. The van der Waals surface area contributed by atoms with Gasteiger partial charge in [-0.3, -0.25) is 4.79 Å². The third-order valence-electron chi connectivity index (χ3n) is 3.12. The number of ether oxygens (including phenoxy) is 2. The van der Waals surface area contributed by atoms with E-state index in [1.807, 2.05) is 44.2 Å². The average molecular weight is 327 g/mol. The van der Waals surface area contributed by atoms with E-state index in [0.29, 0.717) is 11.3 Å². The van der Waals surface area contributed by atoms with E-state index < -0.39 is 5.97 Å². The highest BCUT2D eigenvalue weighted by molar-refractivity contribution is 5.89. The quantitative estimate of drug-likeness (QED) is 0.794. The van der Waals surface area contributed by atoms with Gasteiger partial charge in [0.2, 0.25) is 0 Å². The molecule has 2 aromatic carbocycles. The van der Waals surface area contributed by atoms with Gasteiger partial charge in [0.25, 0.3) is 5.91 Å². The van der Waals surface area contributed by atoms with Crippen molar-refractivity contribution in [2.24, 2.45) is 0 Å². The van der Waals surface area contributed by atoms with Crippen LogP contribution in [0.3, 0.4) is 0 Å². The minimum atomic E-state index is -0.400. The molecule has 1 N–H and O–H groups in total. The number of esters is 1. The summed E-state index contributed by atoms with van der Waals surface area (Å²) >= 11 is 0. The second-order valence-corrected chi connectivity index (χ2v) is 5.60. The summed E-state index contributed by atoms with van der Waals surface area (Å²) < 4.78 is 10.6. The van der Waals surface area contributed by atoms with Crippen molar-refractivity contribution in [3.63, 3.8) is 0 Å². The lowest BCUT2D eigenvalue weighted by atomic mass is 10.2. The van der Waals surface area contributed by atoms with Crippen molar-refractivity contribution < 1.29 is 19.1 Å². The number of nitrogens with one attached hydrogen (secondary N) is 1. The lowest BCUT2D eigenvalue weighted by molar-refractivity contribution is -0.123. The summed E-state index contributed by atoms with van der Waals surface area (Å²) in [7, 11) is 0. The first-order valence-corrected chi connectivity index (χ1v) is 7.78. The normalized spacial score (nSPS) is 10.3. The molecule has 5 nitrogen and oxygen atoms in total. The second-order valence-electron chi connectivity index (χ2n) is 5.60. The molecular formula is C19H21NO4. The highest BCUT2D eigenvalue weighted by Crippen LogP contribution is 2.13. The molecule has 0 aliphatic rings. The van der Waals surface area contributed by atoms with Crippen LogP contribution in [0, 0.1) is 0 Å². The van der Waals surface area contributed by atoms with Crippen LogP contribution >= 0.6 is 0 Å². The van der Waals surface area contributed by atoms with E-state index in [9.17, 15) is 9.59 Å². The van der Waals surface area contributed by atoms with Crippen molar-refractivity contribution in [2.45, 2.75) is 26.5 Å². The largest absolute Gasteiger partial charge is 0.484 e. The lowest BCUT2D eigenvalue weighted by Crippen LogP contribution is -2.34. The van der Waals surface area contributed by atoms with Crippen LogP contribution in [0.25, 0.3) is 0 Å². The molecule has 0 unspecified atom stereocenters. The zero-order valence-corrected chi connectivity index (χ0v) is 13.8. The van der Waals surface area contributed by atoms with E-state index >= 15 is 0 Å². The number of carbonyl (C=O) groups excluding carboxylic acids is 2. The van der Waals surface area contributed by atoms with Crippen molar-refractivity contribution in [1.29, 1.82) is 0 Å². The van der Waals surface area contributed by atoms with Crippen LogP contribution in [0.4, 0.5) is 0 Å². The highest BCUT2D eigenvalue weighted by Gasteiger charge is 2.09. The Balaban J connectivity index is 1.82. The maximum atomic E-state index is 12.0. The molecule has 0 aliphatic heterocycles. The van der Waals surface area contributed by atoms with E-state index in [2.05, 4.69) is 5.32 Å². The Hall–Kier alpha value is -2.82. The van der Waals surface area contributed by atoms with E-state index in [0.717, 1.165) is 5.56 Å². The van der Waals surface area contributed by atoms with Crippen LogP contribution in [0.5, 0.6) is 5.75 Å². The van der Waals surface area contributed by atoms with Crippen LogP contribution in [0.15, 0.2) is 54.6 Å². The Morgan fingerprint density at radius 1 is 1.00 bits per heavy atom.